The van der Waals surface area contributed by atoms with Crippen molar-refractivity contribution in [1.29, 1.82) is 0 Å². The van der Waals surface area contributed by atoms with Crippen LogP contribution in [0.4, 0.5) is 0 Å². The van der Waals surface area contributed by atoms with Crippen LogP contribution in [0.1, 0.15) is 0 Å². The fraction of sp³-hybridized carbons (Fsp3) is 0. The van der Waals surface area contributed by atoms with Crippen LogP contribution in [0.3, 0.4) is 0 Å². The summed E-state index contributed by atoms with van der Waals surface area (Å²) in [5.41, 5.74) is 16.8. The van der Waals surface area contributed by atoms with Gasteiger partial charge in [0.25, 0.3) is 0 Å². The van der Waals surface area contributed by atoms with Crippen molar-refractivity contribution in [2.45, 2.75) is 0 Å². The molecule has 0 unspecified atom stereocenters. The molecule has 67 heavy (non-hydrogen) atoms. The van der Waals surface area contributed by atoms with Crippen molar-refractivity contribution < 1.29 is 0 Å². The zero-order valence-electron chi connectivity index (χ0n) is 36.4. The van der Waals surface area contributed by atoms with Gasteiger partial charge in [-0.15, -0.1) is 11.3 Å². The van der Waals surface area contributed by atoms with Crippen LogP contribution in [-0.4, -0.2) is 9.13 Å². The molecule has 3 heterocycles. The standard InChI is InChI=1S/C64H40N2S/c1-3-13-41(14-4-1)44-26-34-61-56(37-44)57-39-46(28-35-62(57)66(61)59-36-32-49(43-15-5-2-6-16-43)50-17-7-8-18-51(50)59)45-27-33-60-55(38-45)52-19-9-11-21-58(52)65(60)48-29-23-42(24-30-48)47-25-31-54-53-20-10-12-22-63(53)67-64(54)40-47/h1-40H. The highest BCUT2D eigenvalue weighted by Gasteiger charge is 2.19. The lowest BCUT2D eigenvalue weighted by atomic mass is 9.97. The first-order valence-corrected chi connectivity index (χ1v) is 23.8. The van der Waals surface area contributed by atoms with Crippen molar-refractivity contribution >= 4 is 85.9 Å². The summed E-state index contributed by atoms with van der Waals surface area (Å²) < 4.78 is 7.55. The molecule has 0 N–H and O–H groups in total. The molecule has 0 amide bonds. The summed E-state index contributed by atoms with van der Waals surface area (Å²) in [5, 5.41) is 10.1. The molecule has 3 heteroatoms. The van der Waals surface area contributed by atoms with Crippen LogP contribution in [0, 0.1) is 0 Å². The van der Waals surface area contributed by atoms with E-state index < -0.39 is 0 Å². The van der Waals surface area contributed by atoms with E-state index >= 15 is 0 Å². The summed E-state index contributed by atoms with van der Waals surface area (Å²) in [6.45, 7) is 0. The molecule has 3 aromatic heterocycles. The van der Waals surface area contributed by atoms with E-state index in [0.717, 1.165) is 5.69 Å². The van der Waals surface area contributed by atoms with E-state index in [1.54, 1.807) is 0 Å². The molecular weight excluding hydrogens is 829 g/mol. The molecular formula is C64H40N2S. The number of fused-ring (bicyclic) bond motifs is 10. The van der Waals surface area contributed by atoms with E-state index in [0.29, 0.717) is 0 Å². The highest BCUT2D eigenvalue weighted by Crippen LogP contribution is 2.42. The van der Waals surface area contributed by atoms with Crippen molar-refractivity contribution in [2.24, 2.45) is 0 Å². The topological polar surface area (TPSA) is 9.86 Å². The summed E-state index contributed by atoms with van der Waals surface area (Å²) in [6.07, 6.45) is 0. The van der Waals surface area contributed by atoms with Gasteiger partial charge < -0.3 is 9.13 Å². The summed E-state index contributed by atoms with van der Waals surface area (Å²) in [6, 6.07) is 89.5. The molecule has 0 aliphatic heterocycles. The molecule has 2 nitrogen and oxygen atoms in total. The number of thiophene rings is 1. The van der Waals surface area contributed by atoms with Crippen molar-refractivity contribution in [3.05, 3.63) is 243 Å². The number of hydrogen-bond acceptors (Lipinski definition) is 1. The molecule has 0 saturated heterocycles. The average molecular weight is 869 g/mol. The second kappa shape index (κ2) is 15.0. The Labute approximate surface area is 391 Å². The van der Waals surface area contributed by atoms with Crippen LogP contribution in [0.25, 0.3) is 130 Å². The zero-order valence-corrected chi connectivity index (χ0v) is 37.2. The summed E-state index contributed by atoms with van der Waals surface area (Å²) in [4.78, 5) is 0. The largest absolute Gasteiger partial charge is 0.309 e. The molecule has 14 aromatic rings. The fourth-order valence-electron chi connectivity index (χ4n) is 10.8. The molecule has 11 aromatic carbocycles. The fourth-order valence-corrected chi connectivity index (χ4v) is 11.9. The van der Waals surface area contributed by atoms with Crippen molar-refractivity contribution in [3.8, 4) is 55.9 Å². The molecule has 0 spiro atoms. The summed E-state index contributed by atoms with van der Waals surface area (Å²) >= 11 is 1.87. The SMILES string of the molecule is c1ccc(-c2ccc3c(c2)c2cc(-c4ccc5c(c4)c4ccccc4n5-c4ccc(-c5ccc6c(c5)sc5ccccc56)cc4)ccc2n3-c2ccc(-c3ccccc3)c3ccccc23)cc1. The molecule has 312 valence electrons. The Kier molecular flexibility index (Phi) is 8.49. The number of nitrogens with zero attached hydrogens (tertiary/aromatic N) is 2. The van der Waals surface area contributed by atoms with E-state index in [1.165, 1.54) is 125 Å². The van der Waals surface area contributed by atoms with E-state index in [1.807, 2.05) is 11.3 Å². The quantitative estimate of drug-likeness (QED) is 0.158. The van der Waals surface area contributed by atoms with Gasteiger partial charge in [-0.3, -0.25) is 0 Å². The van der Waals surface area contributed by atoms with Gasteiger partial charge in [-0.1, -0.05) is 170 Å². The van der Waals surface area contributed by atoms with E-state index in [-0.39, 0.29) is 0 Å². The van der Waals surface area contributed by atoms with Gasteiger partial charge in [0.15, 0.2) is 0 Å². The molecule has 0 aliphatic rings. The first-order valence-electron chi connectivity index (χ1n) is 23.0. The monoisotopic (exact) mass is 868 g/mol. The maximum absolute atomic E-state index is 2.48. The third kappa shape index (κ3) is 6.02. The lowest BCUT2D eigenvalue weighted by Gasteiger charge is -2.15. The van der Waals surface area contributed by atoms with Crippen LogP contribution < -0.4 is 0 Å². The smallest absolute Gasteiger partial charge is 0.0541 e. The number of benzene rings is 11. The molecule has 14 rings (SSSR count). The highest BCUT2D eigenvalue weighted by molar-refractivity contribution is 7.25. The number of para-hydroxylation sites is 1. The number of rotatable bonds is 6. The number of aromatic nitrogens is 2. The Bertz CT molecular complexity index is 4250. The predicted molar refractivity (Wildman–Crippen MR) is 287 cm³/mol. The molecule has 0 aliphatic carbocycles. The van der Waals surface area contributed by atoms with Crippen LogP contribution in [0.5, 0.6) is 0 Å². The third-order valence-corrected chi connectivity index (χ3v) is 15.1. The van der Waals surface area contributed by atoms with Gasteiger partial charge in [0.1, 0.15) is 0 Å². The van der Waals surface area contributed by atoms with Crippen LogP contribution in [-0.2, 0) is 0 Å². The Hall–Kier alpha value is -8.50. The summed E-state index contributed by atoms with van der Waals surface area (Å²) in [5.74, 6) is 0. The molecule has 0 radical (unpaired) electrons. The minimum Gasteiger partial charge on any atom is -0.309 e. The minimum atomic E-state index is 1.15. The van der Waals surface area contributed by atoms with Crippen LogP contribution in [0.15, 0.2) is 243 Å². The molecule has 0 atom stereocenters. The Balaban J connectivity index is 0.902. The maximum atomic E-state index is 2.48. The third-order valence-electron chi connectivity index (χ3n) is 13.9. The van der Waals surface area contributed by atoms with E-state index in [9.17, 15) is 0 Å². The van der Waals surface area contributed by atoms with Crippen molar-refractivity contribution in [1.82, 2.24) is 9.13 Å². The molecule has 0 fully saturated rings. The lowest BCUT2D eigenvalue weighted by Crippen LogP contribution is -1.96. The van der Waals surface area contributed by atoms with Crippen molar-refractivity contribution in [3.63, 3.8) is 0 Å². The average Bonchev–Trinajstić information content (AvgIpc) is 4.05. The highest BCUT2D eigenvalue weighted by atomic mass is 32.1. The first kappa shape index (κ1) is 37.8. The second-order valence-electron chi connectivity index (χ2n) is 17.6. The van der Waals surface area contributed by atoms with E-state index in [2.05, 4.69) is 252 Å². The Morgan fingerprint density at radius 1 is 0.239 bits per heavy atom. The van der Waals surface area contributed by atoms with Gasteiger partial charge in [0.2, 0.25) is 0 Å². The van der Waals surface area contributed by atoms with Crippen molar-refractivity contribution in [2.75, 3.05) is 0 Å². The van der Waals surface area contributed by atoms with Gasteiger partial charge in [-0.25, -0.2) is 0 Å². The van der Waals surface area contributed by atoms with Gasteiger partial charge in [-0.05, 0) is 123 Å². The van der Waals surface area contributed by atoms with Gasteiger partial charge in [0, 0.05) is 52.8 Å². The van der Waals surface area contributed by atoms with E-state index in [4.69, 9.17) is 0 Å². The lowest BCUT2D eigenvalue weighted by molar-refractivity contribution is 1.18. The van der Waals surface area contributed by atoms with Gasteiger partial charge >= 0.3 is 0 Å². The van der Waals surface area contributed by atoms with Gasteiger partial charge in [-0.2, -0.15) is 0 Å². The van der Waals surface area contributed by atoms with Gasteiger partial charge in [0.05, 0.1) is 27.8 Å². The summed E-state index contributed by atoms with van der Waals surface area (Å²) in [7, 11) is 0. The molecule has 0 saturated carbocycles. The second-order valence-corrected chi connectivity index (χ2v) is 18.7. The molecule has 0 bridgehead atoms. The normalized spacial score (nSPS) is 11.9. The Morgan fingerprint density at radius 3 is 1.40 bits per heavy atom. The zero-order chi connectivity index (χ0) is 44.0. The van der Waals surface area contributed by atoms with Crippen LogP contribution >= 0.6 is 11.3 Å². The maximum Gasteiger partial charge on any atom is 0.0541 e. The first-order chi connectivity index (χ1) is 33.2. The predicted octanol–water partition coefficient (Wildman–Crippen LogP) is 18.1. The van der Waals surface area contributed by atoms with Crippen LogP contribution in [0.2, 0.25) is 0 Å². The Morgan fingerprint density at radius 2 is 0.701 bits per heavy atom. The number of hydrogen-bond donors (Lipinski definition) is 0. The minimum absolute atomic E-state index is 1.15.